The molecule has 0 atom stereocenters. The molecule has 0 saturated carbocycles. The Balaban J connectivity index is 2.65. The van der Waals surface area contributed by atoms with Gasteiger partial charge in [0.2, 0.25) is 0 Å². The van der Waals surface area contributed by atoms with Crippen molar-refractivity contribution in [3.05, 3.63) is 29.3 Å². The molecular weight excluding hydrogens is 204 g/mol. The quantitative estimate of drug-likeness (QED) is 0.739. The number of carbonyl (C=O) groups excluding carboxylic acids is 1. The van der Waals surface area contributed by atoms with Crippen molar-refractivity contribution in [2.45, 2.75) is 19.8 Å². The number of rotatable bonds is 6. The first kappa shape index (κ1) is 12.7. The standard InChI is InChI=1S/C13H18O3/c1-10-4-7-13(16-3)11(8-10)5-6-12(14)9-15-2/h4,7-8H,5-6,9H2,1-3H3. The number of benzene rings is 1. The van der Waals surface area contributed by atoms with Gasteiger partial charge in [-0.3, -0.25) is 4.79 Å². The first-order valence-electron chi connectivity index (χ1n) is 5.31. The Labute approximate surface area is 96.4 Å². The second-order valence-corrected chi connectivity index (χ2v) is 3.79. The number of methoxy groups -OCH3 is 2. The van der Waals surface area contributed by atoms with Gasteiger partial charge in [0.1, 0.15) is 12.4 Å². The summed E-state index contributed by atoms with van der Waals surface area (Å²) < 4.78 is 10.0. The minimum absolute atomic E-state index is 0.117. The molecule has 1 aromatic carbocycles. The molecule has 0 aliphatic carbocycles. The molecule has 3 nitrogen and oxygen atoms in total. The van der Waals surface area contributed by atoms with E-state index in [0.717, 1.165) is 11.3 Å². The zero-order chi connectivity index (χ0) is 12.0. The average molecular weight is 222 g/mol. The number of aryl methyl sites for hydroxylation is 2. The Morgan fingerprint density at radius 1 is 1.31 bits per heavy atom. The monoisotopic (exact) mass is 222 g/mol. The predicted octanol–water partition coefficient (Wildman–Crippen LogP) is 2.15. The molecule has 1 rings (SSSR count). The molecule has 0 amide bonds. The number of Topliss-reactive ketones (excluding diaryl/α,β-unsaturated/α-hetero) is 1. The Morgan fingerprint density at radius 3 is 2.69 bits per heavy atom. The van der Waals surface area contributed by atoms with E-state index in [-0.39, 0.29) is 12.4 Å². The van der Waals surface area contributed by atoms with Gasteiger partial charge in [0.25, 0.3) is 0 Å². The van der Waals surface area contributed by atoms with Gasteiger partial charge in [-0.1, -0.05) is 17.7 Å². The minimum atomic E-state index is 0.117. The minimum Gasteiger partial charge on any atom is -0.496 e. The summed E-state index contributed by atoms with van der Waals surface area (Å²) in [7, 11) is 3.18. The number of ether oxygens (including phenoxy) is 2. The molecule has 0 radical (unpaired) electrons. The van der Waals surface area contributed by atoms with Gasteiger partial charge in [0.15, 0.2) is 5.78 Å². The summed E-state index contributed by atoms with van der Waals surface area (Å²) in [4.78, 5) is 11.3. The fourth-order valence-electron chi connectivity index (χ4n) is 1.61. The highest BCUT2D eigenvalue weighted by atomic mass is 16.5. The van der Waals surface area contributed by atoms with E-state index < -0.39 is 0 Å². The number of ketones is 1. The molecule has 0 aliphatic rings. The molecule has 0 bridgehead atoms. The lowest BCUT2D eigenvalue weighted by Gasteiger charge is -2.08. The van der Waals surface area contributed by atoms with Crippen molar-refractivity contribution in [1.82, 2.24) is 0 Å². The highest BCUT2D eigenvalue weighted by Crippen LogP contribution is 2.21. The second-order valence-electron chi connectivity index (χ2n) is 3.79. The molecule has 16 heavy (non-hydrogen) atoms. The van der Waals surface area contributed by atoms with Gasteiger partial charge in [-0.25, -0.2) is 0 Å². The second kappa shape index (κ2) is 6.28. The Bertz CT molecular complexity index is 358. The third-order valence-electron chi connectivity index (χ3n) is 2.41. The molecule has 3 heteroatoms. The van der Waals surface area contributed by atoms with Crippen molar-refractivity contribution in [2.75, 3.05) is 20.8 Å². The third-order valence-corrected chi connectivity index (χ3v) is 2.41. The van der Waals surface area contributed by atoms with E-state index >= 15 is 0 Å². The molecule has 1 aromatic rings. The van der Waals surface area contributed by atoms with Gasteiger partial charge in [-0.15, -0.1) is 0 Å². The van der Waals surface area contributed by atoms with Crippen molar-refractivity contribution < 1.29 is 14.3 Å². The van der Waals surface area contributed by atoms with Gasteiger partial charge in [0, 0.05) is 13.5 Å². The molecular formula is C13H18O3. The van der Waals surface area contributed by atoms with Gasteiger partial charge >= 0.3 is 0 Å². The molecule has 0 fully saturated rings. The lowest BCUT2D eigenvalue weighted by atomic mass is 10.0. The van der Waals surface area contributed by atoms with Crippen molar-refractivity contribution >= 4 is 5.78 Å². The Hall–Kier alpha value is -1.35. The van der Waals surface area contributed by atoms with Crippen LogP contribution in [0.3, 0.4) is 0 Å². The number of hydrogen-bond donors (Lipinski definition) is 0. The van der Waals surface area contributed by atoms with Crippen LogP contribution < -0.4 is 4.74 Å². The van der Waals surface area contributed by atoms with Crippen LogP contribution in [0.25, 0.3) is 0 Å². The summed E-state index contributed by atoms with van der Waals surface area (Å²) in [6.45, 7) is 2.22. The van der Waals surface area contributed by atoms with E-state index in [4.69, 9.17) is 9.47 Å². The van der Waals surface area contributed by atoms with E-state index in [1.54, 1.807) is 7.11 Å². The van der Waals surface area contributed by atoms with Gasteiger partial charge in [-0.2, -0.15) is 0 Å². The zero-order valence-corrected chi connectivity index (χ0v) is 10.1. The third kappa shape index (κ3) is 3.66. The normalized spacial score (nSPS) is 10.2. The maximum absolute atomic E-state index is 11.3. The Kier molecular flexibility index (Phi) is 4.99. The topological polar surface area (TPSA) is 35.5 Å². The van der Waals surface area contributed by atoms with Crippen LogP contribution in [-0.2, 0) is 16.0 Å². The molecule has 0 spiro atoms. The van der Waals surface area contributed by atoms with Crippen molar-refractivity contribution in [1.29, 1.82) is 0 Å². The van der Waals surface area contributed by atoms with Gasteiger partial charge in [-0.05, 0) is 25.0 Å². The van der Waals surface area contributed by atoms with Crippen molar-refractivity contribution in [2.24, 2.45) is 0 Å². The fraction of sp³-hybridized carbons (Fsp3) is 0.462. The van der Waals surface area contributed by atoms with Gasteiger partial charge in [0.05, 0.1) is 7.11 Å². The molecule has 0 aromatic heterocycles. The van der Waals surface area contributed by atoms with Crippen LogP contribution >= 0.6 is 0 Å². The van der Waals surface area contributed by atoms with E-state index in [0.29, 0.717) is 12.8 Å². The van der Waals surface area contributed by atoms with Crippen LogP contribution in [0.15, 0.2) is 18.2 Å². The highest BCUT2D eigenvalue weighted by Gasteiger charge is 2.06. The summed E-state index contributed by atoms with van der Waals surface area (Å²) in [6, 6.07) is 5.99. The smallest absolute Gasteiger partial charge is 0.158 e. The van der Waals surface area contributed by atoms with E-state index in [2.05, 4.69) is 6.07 Å². The predicted molar refractivity (Wildman–Crippen MR) is 62.9 cm³/mol. The summed E-state index contributed by atoms with van der Waals surface area (Å²) in [5.74, 6) is 0.960. The average Bonchev–Trinajstić information content (AvgIpc) is 2.27. The van der Waals surface area contributed by atoms with Crippen LogP contribution in [0.2, 0.25) is 0 Å². The molecule has 0 N–H and O–H groups in total. The highest BCUT2D eigenvalue weighted by molar-refractivity contribution is 5.79. The summed E-state index contributed by atoms with van der Waals surface area (Å²) >= 11 is 0. The van der Waals surface area contributed by atoms with Crippen LogP contribution in [-0.4, -0.2) is 26.6 Å². The number of carbonyl (C=O) groups is 1. The van der Waals surface area contributed by atoms with Crippen molar-refractivity contribution in [3.63, 3.8) is 0 Å². The van der Waals surface area contributed by atoms with Gasteiger partial charge < -0.3 is 9.47 Å². The SMILES string of the molecule is COCC(=O)CCc1cc(C)ccc1OC. The largest absolute Gasteiger partial charge is 0.496 e. The van der Waals surface area contributed by atoms with Crippen molar-refractivity contribution in [3.8, 4) is 5.75 Å². The Morgan fingerprint density at radius 2 is 2.06 bits per heavy atom. The lowest BCUT2D eigenvalue weighted by molar-refractivity contribution is -0.122. The zero-order valence-electron chi connectivity index (χ0n) is 10.1. The molecule has 0 heterocycles. The first-order valence-corrected chi connectivity index (χ1v) is 5.31. The summed E-state index contributed by atoms with van der Waals surface area (Å²) in [5.41, 5.74) is 2.25. The van der Waals surface area contributed by atoms with E-state index in [1.807, 2.05) is 19.1 Å². The molecule has 0 unspecified atom stereocenters. The van der Waals surface area contributed by atoms with Crippen LogP contribution in [0.5, 0.6) is 5.75 Å². The molecule has 0 aliphatic heterocycles. The maximum Gasteiger partial charge on any atom is 0.158 e. The van der Waals surface area contributed by atoms with Crippen LogP contribution in [0, 0.1) is 6.92 Å². The summed E-state index contributed by atoms with van der Waals surface area (Å²) in [5, 5.41) is 0. The van der Waals surface area contributed by atoms with Crippen LogP contribution in [0.1, 0.15) is 17.5 Å². The fourth-order valence-corrected chi connectivity index (χ4v) is 1.61. The van der Waals surface area contributed by atoms with E-state index in [1.165, 1.54) is 12.7 Å². The maximum atomic E-state index is 11.3. The first-order chi connectivity index (χ1) is 7.67. The van der Waals surface area contributed by atoms with Crippen LogP contribution in [0.4, 0.5) is 0 Å². The lowest BCUT2D eigenvalue weighted by Crippen LogP contribution is -2.08. The molecule has 0 saturated heterocycles. The molecule has 88 valence electrons. The van der Waals surface area contributed by atoms with E-state index in [9.17, 15) is 4.79 Å². The summed E-state index contributed by atoms with van der Waals surface area (Å²) in [6.07, 6.45) is 1.20. The number of hydrogen-bond acceptors (Lipinski definition) is 3.